The molecule has 0 saturated heterocycles. The van der Waals surface area contributed by atoms with Crippen molar-refractivity contribution in [1.29, 1.82) is 0 Å². The fourth-order valence-corrected chi connectivity index (χ4v) is 5.37. The Hall–Kier alpha value is -3.69. The number of allylic oxidation sites excluding steroid dienone is 1. The molecule has 204 valence electrons. The predicted octanol–water partition coefficient (Wildman–Crippen LogP) is 4.80. The summed E-state index contributed by atoms with van der Waals surface area (Å²) in [4.78, 5) is 32.1. The topological polar surface area (TPSA) is 79.1 Å². The Morgan fingerprint density at radius 2 is 2.05 bits per heavy atom. The molecule has 1 aromatic heterocycles. The van der Waals surface area contributed by atoms with Crippen LogP contribution in [0, 0.1) is 11.7 Å². The van der Waals surface area contributed by atoms with E-state index in [1.165, 1.54) is 29.9 Å². The number of carbonyl (C=O) groups is 1. The van der Waals surface area contributed by atoms with Crippen molar-refractivity contribution < 1.29 is 23.4 Å². The SMILES string of the molecule is C=CCOc1ccc(C2C(C(=O)OCC(C)C)=C(C)N=c3s/c(=C\c4c(F)cccc4Cl)c(=O)n32)cc1OC. The van der Waals surface area contributed by atoms with Gasteiger partial charge in [0.05, 0.1) is 40.6 Å². The van der Waals surface area contributed by atoms with Gasteiger partial charge in [0.2, 0.25) is 0 Å². The van der Waals surface area contributed by atoms with Crippen molar-refractivity contribution in [2.24, 2.45) is 10.9 Å². The molecular weight excluding hydrogens is 543 g/mol. The Kier molecular flexibility index (Phi) is 8.72. The average molecular weight is 571 g/mol. The van der Waals surface area contributed by atoms with Crippen molar-refractivity contribution in [3.8, 4) is 11.5 Å². The lowest BCUT2D eigenvalue weighted by atomic mass is 9.95. The van der Waals surface area contributed by atoms with Gasteiger partial charge in [-0.05, 0) is 48.7 Å². The zero-order chi connectivity index (χ0) is 28.3. The van der Waals surface area contributed by atoms with Crippen molar-refractivity contribution in [3.05, 3.63) is 102 Å². The highest BCUT2D eigenvalue weighted by molar-refractivity contribution is 7.07. The monoisotopic (exact) mass is 570 g/mol. The maximum absolute atomic E-state index is 14.5. The second-order valence-corrected chi connectivity index (χ2v) is 10.6. The van der Waals surface area contributed by atoms with E-state index >= 15 is 0 Å². The molecule has 10 heteroatoms. The molecule has 0 spiro atoms. The van der Waals surface area contributed by atoms with Crippen LogP contribution in [0.4, 0.5) is 4.39 Å². The quantitative estimate of drug-likeness (QED) is 0.273. The van der Waals surface area contributed by atoms with Gasteiger partial charge in [-0.2, -0.15) is 0 Å². The fraction of sp³-hybridized carbons (Fsp3) is 0.276. The molecule has 1 aliphatic heterocycles. The Labute approximate surface area is 234 Å². The van der Waals surface area contributed by atoms with E-state index < -0.39 is 23.4 Å². The van der Waals surface area contributed by atoms with Gasteiger partial charge in [-0.1, -0.05) is 61.6 Å². The smallest absolute Gasteiger partial charge is 0.338 e. The molecule has 1 unspecified atom stereocenters. The summed E-state index contributed by atoms with van der Waals surface area (Å²) in [5, 5.41) is 0.173. The van der Waals surface area contributed by atoms with Crippen LogP contribution in [0.25, 0.3) is 6.08 Å². The molecular formula is C29H28ClFN2O5S. The van der Waals surface area contributed by atoms with Gasteiger partial charge in [-0.25, -0.2) is 14.2 Å². The van der Waals surface area contributed by atoms with Gasteiger partial charge in [-0.3, -0.25) is 9.36 Å². The zero-order valence-electron chi connectivity index (χ0n) is 22.0. The van der Waals surface area contributed by atoms with Gasteiger partial charge < -0.3 is 14.2 Å². The molecule has 0 aliphatic carbocycles. The average Bonchev–Trinajstić information content (AvgIpc) is 3.21. The van der Waals surface area contributed by atoms with E-state index in [4.69, 9.17) is 25.8 Å². The maximum atomic E-state index is 14.5. The number of thiazole rings is 1. The first-order chi connectivity index (χ1) is 18.7. The first-order valence-corrected chi connectivity index (χ1v) is 13.4. The molecule has 0 radical (unpaired) electrons. The van der Waals surface area contributed by atoms with E-state index in [0.29, 0.717) is 27.6 Å². The van der Waals surface area contributed by atoms with E-state index in [2.05, 4.69) is 11.6 Å². The minimum Gasteiger partial charge on any atom is -0.493 e. The van der Waals surface area contributed by atoms with Gasteiger partial charge in [0, 0.05) is 5.56 Å². The van der Waals surface area contributed by atoms with Gasteiger partial charge in [0.25, 0.3) is 5.56 Å². The third kappa shape index (κ3) is 5.84. The maximum Gasteiger partial charge on any atom is 0.338 e. The largest absolute Gasteiger partial charge is 0.493 e. The minimum absolute atomic E-state index is 0.0960. The number of benzene rings is 2. The highest BCUT2D eigenvalue weighted by Gasteiger charge is 2.34. The molecule has 7 nitrogen and oxygen atoms in total. The van der Waals surface area contributed by atoms with E-state index in [-0.39, 0.29) is 39.8 Å². The van der Waals surface area contributed by atoms with Gasteiger partial charge in [-0.15, -0.1) is 0 Å². The summed E-state index contributed by atoms with van der Waals surface area (Å²) in [7, 11) is 1.50. The van der Waals surface area contributed by atoms with Crippen LogP contribution in [0.2, 0.25) is 5.02 Å². The molecule has 0 amide bonds. The Bertz CT molecular complexity index is 1620. The Morgan fingerprint density at radius 3 is 2.72 bits per heavy atom. The number of esters is 1. The van der Waals surface area contributed by atoms with Crippen molar-refractivity contribution >= 4 is 35.0 Å². The first kappa shape index (κ1) is 28.3. The lowest BCUT2D eigenvalue weighted by molar-refractivity contribution is -0.140. The summed E-state index contributed by atoms with van der Waals surface area (Å²) in [5.41, 5.74) is 0.867. The second-order valence-electron chi connectivity index (χ2n) is 9.22. The summed E-state index contributed by atoms with van der Waals surface area (Å²) < 4.78 is 33.0. The Balaban J connectivity index is 1.94. The summed E-state index contributed by atoms with van der Waals surface area (Å²) in [6.07, 6.45) is 3.02. The minimum atomic E-state index is -0.874. The van der Waals surface area contributed by atoms with Crippen LogP contribution in [0.3, 0.4) is 0 Å². The summed E-state index contributed by atoms with van der Waals surface area (Å²) in [5.74, 6) is -0.126. The van der Waals surface area contributed by atoms with E-state index in [1.54, 1.807) is 37.3 Å². The third-order valence-corrected chi connectivity index (χ3v) is 7.24. The van der Waals surface area contributed by atoms with Crippen molar-refractivity contribution in [2.45, 2.75) is 26.8 Å². The number of hydrogen-bond donors (Lipinski definition) is 0. The molecule has 0 saturated carbocycles. The van der Waals surface area contributed by atoms with Crippen LogP contribution in [0.1, 0.15) is 37.9 Å². The third-order valence-electron chi connectivity index (χ3n) is 5.92. The fourth-order valence-electron chi connectivity index (χ4n) is 4.12. The number of methoxy groups -OCH3 is 1. The molecule has 1 aliphatic rings. The van der Waals surface area contributed by atoms with Crippen LogP contribution < -0.4 is 24.4 Å². The highest BCUT2D eigenvalue weighted by atomic mass is 35.5. The van der Waals surface area contributed by atoms with Crippen LogP contribution in [0.5, 0.6) is 11.5 Å². The number of fused-ring (bicyclic) bond motifs is 1. The summed E-state index contributed by atoms with van der Waals surface area (Å²) in [6.45, 7) is 9.70. The lowest BCUT2D eigenvalue weighted by Gasteiger charge is -2.25. The normalized spacial score (nSPS) is 15.2. The number of halogens is 2. The summed E-state index contributed by atoms with van der Waals surface area (Å²) in [6, 6.07) is 8.61. The number of ether oxygens (including phenoxy) is 3. The van der Waals surface area contributed by atoms with Gasteiger partial charge in [0.15, 0.2) is 16.3 Å². The van der Waals surface area contributed by atoms with Crippen LogP contribution in [0.15, 0.2) is 70.1 Å². The standard InChI is InChI=1S/C29H28ClFN2O5S/c1-6-12-37-22-11-10-18(13-23(22)36-5)26-25(28(35)38-15-16(2)3)17(4)32-29-33(26)27(34)24(39-29)14-19-20(30)8-7-9-21(19)31/h6-11,13-14,16,26H,1,12,15H2,2-5H3/b24-14-. The van der Waals surface area contributed by atoms with Crippen molar-refractivity contribution in [2.75, 3.05) is 20.3 Å². The molecule has 4 rings (SSSR count). The van der Waals surface area contributed by atoms with Crippen molar-refractivity contribution in [1.82, 2.24) is 4.57 Å². The number of aromatic nitrogens is 1. The van der Waals surface area contributed by atoms with Crippen LogP contribution in [-0.4, -0.2) is 30.9 Å². The molecule has 1 atom stereocenters. The number of rotatable bonds is 9. The number of hydrogen-bond acceptors (Lipinski definition) is 7. The predicted molar refractivity (Wildman–Crippen MR) is 150 cm³/mol. The molecule has 0 bridgehead atoms. The Morgan fingerprint density at radius 1 is 1.28 bits per heavy atom. The molecule has 2 heterocycles. The van der Waals surface area contributed by atoms with Crippen molar-refractivity contribution in [3.63, 3.8) is 0 Å². The molecule has 3 aromatic rings. The molecule has 0 N–H and O–H groups in total. The first-order valence-electron chi connectivity index (χ1n) is 12.2. The zero-order valence-corrected chi connectivity index (χ0v) is 23.6. The second kappa shape index (κ2) is 12.0. The van der Waals surface area contributed by atoms with E-state index in [1.807, 2.05) is 13.8 Å². The highest BCUT2D eigenvalue weighted by Crippen LogP contribution is 2.36. The lowest BCUT2D eigenvalue weighted by Crippen LogP contribution is -2.40. The van der Waals surface area contributed by atoms with Gasteiger partial charge in [0.1, 0.15) is 12.4 Å². The number of nitrogens with zero attached hydrogens (tertiary/aromatic N) is 2. The summed E-state index contributed by atoms with van der Waals surface area (Å²) >= 11 is 7.30. The van der Waals surface area contributed by atoms with E-state index in [9.17, 15) is 14.0 Å². The molecule has 0 fully saturated rings. The molecule has 2 aromatic carbocycles. The van der Waals surface area contributed by atoms with Crippen LogP contribution in [-0.2, 0) is 9.53 Å². The van der Waals surface area contributed by atoms with Gasteiger partial charge >= 0.3 is 5.97 Å². The number of carbonyl (C=O) groups excluding carboxylic acids is 1. The molecule has 39 heavy (non-hydrogen) atoms. The van der Waals surface area contributed by atoms with E-state index in [0.717, 1.165) is 11.3 Å². The van der Waals surface area contributed by atoms with Crippen LogP contribution >= 0.6 is 22.9 Å².